The van der Waals surface area contributed by atoms with Gasteiger partial charge in [-0.3, -0.25) is 0 Å². The first kappa shape index (κ1) is 16.7. The minimum atomic E-state index is -3.51. The summed E-state index contributed by atoms with van der Waals surface area (Å²) in [5, 5.41) is 0. The number of rotatable bonds is 3. The zero-order valence-corrected chi connectivity index (χ0v) is 15.7. The molecule has 0 aliphatic carbocycles. The molecule has 1 atom stereocenters. The highest BCUT2D eigenvalue weighted by atomic mass is 79.9. The van der Waals surface area contributed by atoms with Gasteiger partial charge < -0.3 is 0 Å². The van der Waals surface area contributed by atoms with Crippen LogP contribution in [-0.4, -0.2) is 19.3 Å². The number of benzene rings is 2. The van der Waals surface area contributed by atoms with E-state index in [1.165, 1.54) is 0 Å². The van der Waals surface area contributed by atoms with Crippen molar-refractivity contribution in [2.75, 3.05) is 6.54 Å². The van der Waals surface area contributed by atoms with Crippen molar-refractivity contribution in [2.24, 2.45) is 0 Å². The minimum absolute atomic E-state index is 0.367. The third-order valence-electron chi connectivity index (χ3n) is 4.63. The van der Waals surface area contributed by atoms with Gasteiger partial charge in [0.1, 0.15) is 0 Å². The third-order valence-corrected chi connectivity index (χ3v) is 7.16. The molecule has 0 bridgehead atoms. The molecule has 3 rings (SSSR count). The van der Waals surface area contributed by atoms with Crippen LogP contribution in [0.3, 0.4) is 0 Å². The topological polar surface area (TPSA) is 37.4 Å². The van der Waals surface area contributed by atoms with E-state index in [-0.39, 0.29) is 0 Å². The summed E-state index contributed by atoms with van der Waals surface area (Å²) in [5.74, 6) is 0. The molecule has 1 aliphatic heterocycles. The maximum Gasteiger partial charge on any atom is 0.243 e. The van der Waals surface area contributed by atoms with E-state index in [4.69, 9.17) is 0 Å². The Morgan fingerprint density at radius 3 is 2.48 bits per heavy atom. The highest BCUT2D eigenvalue weighted by Gasteiger charge is 2.45. The van der Waals surface area contributed by atoms with Gasteiger partial charge in [-0.15, -0.1) is 0 Å². The fourth-order valence-corrected chi connectivity index (χ4v) is 5.50. The van der Waals surface area contributed by atoms with Gasteiger partial charge in [0.15, 0.2) is 0 Å². The Labute approximate surface area is 146 Å². The lowest BCUT2D eigenvalue weighted by Gasteiger charge is -2.35. The zero-order chi connectivity index (χ0) is 16.7. The smallest absolute Gasteiger partial charge is 0.207 e. The molecule has 23 heavy (non-hydrogen) atoms. The summed E-state index contributed by atoms with van der Waals surface area (Å²) in [7, 11) is -3.51. The fourth-order valence-electron chi connectivity index (χ4n) is 3.27. The molecule has 2 aromatic rings. The van der Waals surface area contributed by atoms with E-state index in [0.717, 1.165) is 28.4 Å². The normalized spacial score (nSPS) is 22.4. The minimum Gasteiger partial charge on any atom is -0.207 e. The third kappa shape index (κ3) is 2.97. The predicted molar refractivity (Wildman–Crippen MR) is 95.8 cm³/mol. The van der Waals surface area contributed by atoms with Crippen LogP contribution in [0.5, 0.6) is 0 Å². The first-order valence-electron chi connectivity index (χ1n) is 7.70. The maximum atomic E-state index is 13.1. The van der Waals surface area contributed by atoms with Crippen molar-refractivity contribution < 1.29 is 8.42 Å². The number of nitrogens with zero attached hydrogens (tertiary/aromatic N) is 1. The molecule has 122 valence electrons. The van der Waals surface area contributed by atoms with Crippen LogP contribution in [0.2, 0.25) is 0 Å². The van der Waals surface area contributed by atoms with E-state index in [9.17, 15) is 8.42 Å². The summed E-state index contributed by atoms with van der Waals surface area (Å²) < 4.78 is 28.9. The summed E-state index contributed by atoms with van der Waals surface area (Å²) in [4.78, 5) is 0.367. The molecule has 1 saturated heterocycles. The summed E-state index contributed by atoms with van der Waals surface area (Å²) in [6.07, 6.45) is 1.70. The lowest BCUT2D eigenvalue weighted by Crippen LogP contribution is -2.42. The number of halogens is 1. The Morgan fingerprint density at radius 1 is 1.13 bits per heavy atom. The molecule has 5 heteroatoms. The average Bonchev–Trinajstić information content (AvgIpc) is 2.92. The number of sulfonamides is 1. The van der Waals surface area contributed by atoms with Crippen molar-refractivity contribution in [1.82, 2.24) is 4.31 Å². The molecule has 3 nitrogen and oxygen atoms in total. The fraction of sp³-hybridized carbons (Fsp3) is 0.333. The Morgan fingerprint density at radius 2 is 1.83 bits per heavy atom. The highest BCUT2D eigenvalue weighted by molar-refractivity contribution is 9.10. The molecule has 2 aromatic carbocycles. The van der Waals surface area contributed by atoms with E-state index in [0.29, 0.717) is 11.4 Å². The Balaban J connectivity index is 2.05. The standard InChI is InChI=1S/C18H20BrNO2S/c1-14-7-9-17(10-8-14)23(21,22)20-12-4-11-18(20,2)15-5-3-6-16(19)13-15/h3,5-10,13H,4,11-12H2,1-2H3. The van der Waals surface area contributed by atoms with E-state index >= 15 is 0 Å². The highest BCUT2D eigenvalue weighted by Crippen LogP contribution is 2.42. The SMILES string of the molecule is Cc1ccc(S(=O)(=O)N2CCCC2(C)c2cccc(Br)c2)cc1. The van der Waals surface area contributed by atoms with Crippen LogP contribution in [0.1, 0.15) is 30.9 Å². The van der Waals surface area contributed by atoms with Crippen LogP contribution in [-0.2, 0) is 15.6 Å². The first-order chi connectivity index (χ1) is 10.8. The Hall–Kier alpha value is -1.17. The second-order valence-corrected chi connectivity index (χ2v) is 9.06. The zero-order valence-electron chi connectivity index (χ0n) is 13.3. The molecule has 0 N–H and O–H groups in total. The van der Waals surface area contributed by atoms with Crippen molar-refractivity contribution in [2.45, 2.75) is 37.1 Å². The molecular formula is C18H20BrNO2S. The lowest BCUT2D eigenvalue weighted by atomic mass is 9.91. The monoisotopic (exact) mass is 393 g/mol. The van der Waals surface area contributed by atoms with Gasteiger partial charge in [0, 0.05) is 11.0 Å². The molecule has 0 saturated carbocycles. The van der Waals surface area contributed by atoms with Crippen molar-refractivity contribution in [3.63, 3.8) is 0 Å². The second kappa shape index (κ2) is 6.04. The number of aryl methyl sites for hydroxylation is 1. The summed E-state index contributed by atoms with van der Waals surface area (Å²) in [6, 6.07) is 15.0. The maximum absolute atomic E-state index is 13.1. The first-order valence-corrected chi connectivity index (χ1v) is 9.93. The van der Waals surface area contributed by atoms with Gasteiger partial charge in [0.25, 0.3) is 0 Å². The van der Waals surface area contributed by atoms with Crippen molar-refractivity contribution >= 4 is 26.0 Å². The quantitative estimate of drug-likeness (QED) is 0.771. The van der Waals surface area contributed by atoms with E-state index in [1.807, 2.05) is 50.2 Å². The van der Waals surface area contributed by atoms with Crippen LogP contribution in [0.4, 0.5) is 0 Å². The van der Waals surface area contributed by atoms with Crippen molar-refractivity contribution in [1.29, 1.82) is 0 Å². The number of hydrogen-bond acceptors (Lipinski definition) is 2. The summed E-state index contributed by atoms with van der Waals surface area (Å²) >= 11 is 3.49. The summed E-state index contributed by atoms with van der Waals surface area (Å²) in [6.45, 7) is 4.53. The number of hydrogen-bond donors (Lipinski definition) is 0. The van der Waals surface area contributed by atoms with Crippen LogP contribution < -0.4 is 0 Å². The van der Waals surface area contributed by atoms with Gasteiger partial charge in [-0.25, -0.2) is 8.42 Å². The molecule has 1 heterocycles. The Bertz CT molecular complexity index is 817. The average molecular weight is 394 g/mol. The molecular weight excluding hydrogens is 374 g/mol. The van der Waals surface area contributed by atoms with E-state index < -0.39 is 15.6 Å². The van der Waals surface area contributed by atoms with Crippen LogP contribution in [0, 0.1) is 6.92 Å². The van der Waals surface area contributed by atoms with Gasteiger partial charge in [0.2, 0.25) is 10.0 Å². The van der Waals surface area contributed by atoms with Gasteiger partial charge >= 0.3 is 0 Å². The largest absolute Gasteiger partial charge is 0.243 e. The molecule has 0 amide bonds. The van der Waals surface area contributed by atoms with Crippen molar-refractivity contribution in [3.05, 3.63) is 64.1 Å². The van der Waals surface area contributed by atoms with Gasteiger partial charge in [-0.1, -0.05) is 45.8 Å². The van der Waals surface area contributed by atoms with Gasteiger partial charge in [-0.2, -0.15) is 4.31 Å². The molecule has 0 radical (unpaired) electrons. The second-order valence-electron chi connectivity index (χ2n) is 6.28. The lowest BCUT2D eigenvalue weighted by molar-refractivity contribution is 0.270. The van der Waals surface area contributed by atoms with E-state index in [2.05, 4.69) is 15.9 Å². The molecule has 1 aliphatic rings. The predicted octanol–water partition coefficient (Wildman–Crippen LogP) is 4.46. The van der Waals surface area contributed by atoms with Crippen LogP contribution in [0.25, 0.3) is 0 Å². The van der Waals surface area contributed by atoms with Crippen LogP contribution >= 0.6 is 15.9 Å². The van der Waals surface area contributed by atoms with E-state index in [1.54, 1.807) is 16.4 Å². The molecule has 0 spiro atoms. The van der Waals surface area contributed by atoms with Gasteiger partial charge in [-0.05, 0) is 56.5 Å². The summed E-state index contributed by atoms with van der Waals surface area (Å²) in [5.41, 5.74) is 1.58. The van der Waals surface area contributed by atoms with Crippen molar-refractivity contribution in [3.8, 4) is 0 Å². The molecule has 1 unspecified atom stereocenters. The van der Waals surface area contributed by atoms with Crippen LogP contribution in [0.15, 0.2) is 57.9 Å². The van der Waals surface area contributed by atoms with Gasteiger partial charge in [0.05, 0.1) is 10.4 Å². The Kier molecular flexibility index (Phi) is 4.38. The molecule has 1 fully saturated rings. The molecule has 0 aromatic heterocycles.